The van der Waals surface area contributed by atoms with E-state index < -0.39 is 11.9 Å². The van der Waals surface area contributed by atoms with Crippen LogP contribution < -0.4 is 4.90 Å². The van der Waals surface area contributed by atoms with Crippen LogP contribution in [-0.2, 0) is 9.59 Å². The van der Waals surface area contributed by atoms with Crippen molar-refractivity contribution >= 4 is 33.6 Å². The summed E-state index contributed by atoms with van der Waals surface area (Å²) in [7, 11) is 0. The van der Waals surface area contributed by atoms with Crippen molar-refractivity contribution in [1.82, 2.24) is 10.2 Å². The van der Waals surface area contributed by atoms with Crippen molar-refractivity contribution in [2.45, 2.75) is 6.42 Å². The SMILES string of the molecule is O=C(O)C1CC(=O)N(c2ccc(Br)nn2)C1. The molecule has 1 aromatic rings. The van der Waals surface area contributed by atoms with Gasteiger partial charge in [-0.05, 0) is 28.1 Å². The number of rotatable bonds is 2. The lowest BCUT2D eigenvalue weighted by Gasteiger charge is -2.13. The number of hydrogen-bond donors (Lipinski definition) is 1. The number of carbonyl (C=O) groups is 2. The standard InChI is InChI=1S/C9H8BrN3O3/c10-6-1-2-7(12-11-6)13-4-5(9(15)16)3-8(13)14/h1-2,5H,3-4H2,(H,15,16). The van der Waals surface area contributed by atoms with Crippen LogP contribution in [0.15, 0.2) is 16.7 Å². The molecular weight excluding hydrogens is 278 g/mol. The predicted octanol–water partition coefficient (Wildman–Crippen LogP) is 0.677. The largest absolute Gasteiger partial charge is 0.481 e. The summed E-state index contributed by atoms with van der Waals surface area (Å²) in [5.74, 6) is -1.46. The number of amides is 1. The number of carboxylic acid groups (broad SMARTS) is 1. The van der Waals surface area contributed by atoms with Gasteiger partial charge in [0.25, 0.3) is 0 Å². The lowest BCUT2D eigenvalue weighted by molar-refractivity contribution is -0.141. The molecule has 0 radical (unpaired) electrons. The first-order valence-corrected chi connectivity index (χ1v) is 5.39. The summed E-state index contributed by atoms with van der Waals surface area (Å²) in [4.78, 5) is 23.7. The molecule has 0 spiro atoms. The molecule has 1 fully saturated rings. The zero-order valence-corrected chi connectivity index (χ0v) is 9.72. The average Bonchev–Trinajstić information content (AvgIpc) is 2.62. The highest BCUT2D eigenvalue weighted by Crippen LogP contribution is 2.23. The first-order chi connectivity index (χ1) is 7.58. The van der Waals surface area contributed by atoms with Gasteiger partial charge in [0.05, 0.1) is 5.92 Å². The van der Waals surface area contributed by atoms with Crippen LogP contribution >= 0.6 is 15.9 Å². The number of carboxylic acids is 1. The highest BCUT2D eigenvalue weighted by atomic mass is 79.9. The average molecular weight is 286 g/mol. The van der Waals surface area contributed by atoms with Crippen molar-refractivity contribution in [3.8, 4) is 0 Å². The van der Waals surface area contributed by atoms with Crippen LogP contribution in [0, 0.1) is 5.92 Å². The van der Waals surface area contributed by atoms with Gasteiger partial charge in [0.2, 0.25) is 5.91 Å². The Balaban J connectivity index is 2.20. The topological polar surface area (TPSA) is 83.4 Å². The fourth-order valence-corrected chi connectivity index (χ4v) is 1.76. The van der Waals surface area contributed by atoms with E-state index >= 15 is 0 Å². The number of carbonyl (C=O) groups excluding carboxylic acids is 1. The van der Waals surface area contributed by atoms with Gasteiger partial charge in [-0.15, -0.1) is 10.2 Å². The second kappa shape index (κ2) is 4.17. The van der Waals surface area contributed by atoms with E-state index in [-0.39, 0.29) is 18.9 Å². The van der Waals surface area contributed by atoms with Crippen LogP contribution in [0.1, 0.15) is 6.42 Å². The maximum absolute atomic E-state index is 11.6. The van der Waals surface area contributed by atoms with Gasteiger partial charge in [-0.2, -0.15) is 0 Å². The fourth-order valence-electron chi connectivity index (χ4n) is 1.55. The lowest BCUT2D eigenvalue weighted by Crippen LogP contribution is -2.26. The molecule has 7 heteroatoms. The molecule has 1 aliphatic rings. The molecule has 6 nitrogen and oxygen atoms in total. The summed E-state index contributed by atoms with van der Waals surface area (Å²) in [6.45, 7) is 0.157. The first kappa shape index (κ1) is 11.0. The van der Waals surface area contributed by atoms with Crippen molar-refractivity contribution in [3.63, 3.8) is 0 Å². The van der Waals surface area contributed by atoms with Gasteiger partial charge in [0.15, 0.2) is 5.82 Å². The molecule has 2 heterocycles. The maximum atomic E-state index is 11.6. The van der Waals surface area contributed by atoms with Gasteiger partial charge in [0.1, 0.15) is 4.60 Å². The van der Waals surface area contributed by atoms with Crippen LogP contribution in [0.25, 0.3) is 0 Å². The summed E-state index contributed by atoms with van der Waals surface area (Å²) in [5, 5.41) is 16.4. The number of halogens is 1. The zero-order valence-electron chi connectivity index (χ0n) is 8.13. The Kier molecular flexibility index (Phi) is 2.86. The number of anilines is 1. The van der Waals surface area contributed by atoms with Crippen molar-refractivity contribution in [2.24, 2.45) is 5.92 Å². The smallest absolute Gasteiger partial charge is 0.308 e. The molecule has 1 aliphatic heterocycles. The van der Waals surface area contributed by atoms with Crippen LogP contribution in [0.2, 0.25) is 0 Å². The minimum absolute atomic E-state index is 0.0209. The van der Waals surface area contributed by atoms with E-state index in [1.165, 1.54) is 4.90 Å². The molecule has 1 N–H and O–H groups in total. The minimum Gasteiger partial charge on any atom is -0.481 e. The molecular formula is C9H8BrN3O3. The van der Waals surface area contributed by atoms with Crippen molar-refractivity contribution in [1.29, 1.82) is 0 Å². The first-order valence-electron chi connectivity index (χ1n) is 4.60. The number of nitrogens with zero attached hydrogens (tertiary/aromatic N) is 3. The van der Waals surface area contributed by atoms with Gasteiger partial charge in [-0.1, -0.05) is 0 Å². The van der Waals surface area contributed by atoms with Gasteiger partial charge in [-0.3, -0.25) is 14.5 Å². The molecule has 2 rings (SSSR count). The van der Waals surface area contributed by atoms with E-state index in [2.05, 4.69) is 26.1 Å². The van der Waals surface area contributed by atoms with Crippen LogP contribution in [0.3, 0.4) is 0 Å². The molecule has 0 aliphatic carbocycles. The van der Waals surface area contributed by atoms with Gasteiger partial charge in [-0.25, -0.2) is 0 Å². The van der Waals surface area contributed by atoms with E-state index in [4.69, 9.17) is 5.11 Å². The molecule has 1 atom stereocenters. The summed E-state index contributed by atoms with van der Waals surface area (Å²) < 4.78 is 0.567. The predicted molar refractivity (Wildman–Crippen MR) is 57.8 cm³/mol. The van der Waals surface area contributed by atoms with Crippen molar-refractivity contribution in [3.05, 3.63) is 16.7 Å². The highest BCUT2D eigenvalue weighted by molar-refractivity contribution is 9.10. The molecule has 1 unspecified atom stereocenters. The molecule has 1 saturated heterocycles. The lowest BCUT2D eigenvalue weighted by atomic mass is 10.1. The van der Waals surface area contributed by atoms with Gasteiger partial charge in [0, 0.05) is 13.0 Å². The van der Waals surface area contributed by atoms with Gasteiger partial charge >= 0.3 is 5.97 Å². The van der Waals surface area contributed by atoms with Crippen molar-refractivity contribution in [2.75, 3.05) is 11.4 Å². The van der Waals surface area contributed by atoms with Crippen LogP contribution in [0.4, 0.5) is 5.82 Å². The van der Waals surface area contributed by atoms with E-state index in [1.54, 1.807) is 12.1 Å². The molecule has 0 aromatic carbocycles. The Hall–Kier alpha value is -1.50. The zero-order chi connectivity index (χ0) is 11.7. The molecule has 84 valence electrons. The minimum atomic E-state index is -0.957. The maximum Gasteiger partial charge on any atom is 0.308 e. The Bertz CT molecular complexity index is 434. The molecule has 1 amide bonds. The van der Waals surface area contributed by atoms with E-state index in [1.807, 2.05) is 0 Å². The third-order valence-electron chi connectivity index (χ3n) is 2.37. The normalized spacial score (nSPS) is 20.2. The molecule has 0 saturated carbocycles. The second-order valence-electron chi connectivity index (χ2n) is 3.46. The monoisotopic (exact) mass is 285 g/mol. The van der Waals surface area contributed by atoms with E-state index in [0.717, 1.165) is 0 Å². The van der Waals surface area contributed by atoms with Crippen LogP contribution in [0.5, 0.6) is 0 Å². The summed E-state index contributed by atoms with van der Waals surface area (Å²) in [5.41, 5.74) is 0. The number of hydrogen-bond acceptors (Lipinski definition) is 4. The fraction of sp³-hybridized carbons (Fsp3) is 0.333. The number of aliphatic carboxylic acids is 1. The summed E-state index contributed by atoms with van der Waals surface area (Å²) in [6, 6.07) is 3.28. The molecule has 16 heavy (non-hydrogen) atoms. The third-order valence-corrected chi connectivity index (χ3v) is 2.79. The van der Waals surface area contributed by atoms with Crippen molar-refractivity contribution < 1.29 is 14.7 Å². The van der Waals surface area contributed by atoms with E-state index in [0.29, 0.717) is 10.4 Å². The Labute approximate surface area is 99.4 Å². The Morgan fingerprint density at radius 3 is 2.75 bits per heavy atom. The second-order valence-corrected chi connectivity index (χ2v) is 4.27. The van der Waals surface area contributed by atoms with Crippen LogP contribution in [-0.4, -0.2) is 33.7 Å². The summed E-state index contributed by atoms with van der Waals surface area (Å²) in [6.07, 6.45) is 0.0209. The Morgan fingerprint density at radius 2 is 2.25 bits per heavy atom. The number of aromatic nitrogens is 2. The quantitative estimate of drug-likeness (QED) is 0.864. The van der Waals surface area contributed by atoms with Gasteiger partial charge < -0.3 is 5.11 Å². The summed E-state index contributed by atoms with van der Waals surface area (Å²) >= 11 is 3.13. The Morgan fingerprint density at radius 1 is 1.50 bits per heavy atom. The molecule has 0 bridgehead atoms. The third kappa shape index (κ3) is 2.04. The molecule has 1 aromatic heterocycles. The van der Waals surface area contributed by atoms with E-state index in [9.17, 15) is 9.59 Å². The highest BCUT2D eigenvalue weighted by Gasteiger charge is 2.35.